The standard InChI is InChI=1S/C42H66N2O10/c1-13-31-42(9)34(44(39(49)54-42)22-18-17-21-29-19-15-14-16-20-29)27(4)32(45)25(2)24-41(8,50-12)36(28(5)35(47)40(6,7)38(48)52-31)53-37-33(46)30(43(10)11)23-26(3)51-37/h14-16,19-20,25-28,30-31,33-34,36-37,46H,13,17-18,21-24H2,1-12H3/t25-,26-,27+,28+,30+,31-,33-,34?,36-,37+,41+,42-/m1/s1. The maximum Gasteiger partial charge on any atom is 0.410 e. The predicted octanol–water partition coefficient (Wildman–Crippen LogP) is 5.60. The van der Waals surface area contributed by atoms with Gasteiger partial charge in [-0.1, -0.05) is 58.0 Å². The molecule has 0 radical (unpaired) electrons. The van der Waals surface area contributed by atoms with E-state index in [1.54, 1.807) is 25.7 Å². The molecular formula is C42H66N2O10. The Balaban J connectivity index is 1.75. The molecule has 0 aromatic heterocycles. The van der Waals surface area contributed by atoms with Crippen molar-refractivity contribution in [1.29, 1.82) is 0 Å². The average molecular weight is 759 g/mol. The topological polar surface area (TPSA) is 141 Å². The number of likely N-dealkylation sites (N-methyl/N-ethyl adjacent to an activating group) is 1. The van der Waals surface area contributed by atoms with Crippen LogP contribution >= 0.6 is 0 Å². The molecule has 3 saturated heterocycles. The number of carbonyl (C=O) groups is 4. The normalized spacial score (nSPS) is 38.1. The van der Waals surface area contributed by atoms with Gasteiger partial charge in [0.2, 0.25) is 0 Å². The Labute approximate surface area is 322 Å². The average Bonchev–Trinajstić information content (AvgIpc) is 3.39. The van der Waals surface area contributed by atoms with Gasteiger partial charge in [-0.3, -0.25) is 14.4 Å². The van der Waals surface area contributed by atoms with Crippen molar-refractivity contribution in [2.24, 2.45) is 23.2 Å². The van der Waals surface area contributed by atoms with Crippen molar-refractivity contribution in [3.63, 3.8) is 0 Å². The van der Waals surface area contributed by atoms with Crippen molar-refractivity contribution in [2.45, 2.75) is 155 Å². The van der Waals surface area contributed by atoms with Crippen LogP contribution in [-0.4, -0.2) is 120 Å². The maximum absolute atomic E-state index is 14.7. The molecule has 304 valence electrons. The molecule has 1 aromatic rings. The molecule has 1 amide bonds. The third-order valence-corrected chi connectivity index (χ3v) is 12.4. The predicted molar refractivity (Wildman–Crippen MR) is 204 cm³/mol. The molecule has 4 rings (SSSR count). The lowest BCUT2D eigenvalue weighted by atomic mass is 9.71. The van der Waals surface area contributed by atoms with E-state index < -0.39 is 82.9 Å². The molecule has 3 aliphatic heterocycles. The van der Waals surface area contributed by atoms with Gasteiger partial charge >= 0.3 is 12.1 Å². The number of nitrogens with zero attached hydrogens (tertiary/aromatic N) is 2. The number of aliphatic hydroxyl groups excluding tert-OH is 1. The fourth-order valence-electron chi connectivity index (χ4n) is 9.15. The summed E-state index contributed by atoms with van der Waals surface area (Å²) in [6.45, 7) is 16.0. The minimum Gasteiger partial charge on any atom is -0.457 e. The van der Waals surface area contributed by atoms with Gasteiger partial charge in [0.05, 0.1) is 23.9 Å². The summed E-state index contributed by atoms with van der Waals surface area (Å²) in [7, 11) is 5.26. The van der Waals surface area contributed by atoms with Crippen LogP contribution in [0.5, 0.6) is 0 Å². The van der Waals surface area contributed by atoms with Crippen LogP contribution in [0, 0.1) is 23.2 Å². The highest BCUT2D eigenvalue weighted by Gasteiger charge is 2.61. The first kappa shape index (κ1) is 43.8. The molecule has 1 aromatic carbocycles. The van der Waals surface area contributed by atoms with Gasteiger partial charge in [0.25, 0.3) is 0 Å². The molecule has 3 heterocycles. The fraction of sp³-hybridized carbons (Fsp3) is 0.762. The zero-order chi connectivity index (χ0) is 40.3. The molecular weight excluding hydrogens is 692 g/mol. The van der Waals surface area contributed by atoms with Crippen molar-refractivity contribution in [1.82, 2.24) is 9.80 Å². The first-order valence-corrected chi connectivity index (χ1v) is 19.8. The second-order valence-electron chi connectivity index (χ2n) is 17.2. The number of methoxy groups -OCH3 is 1. The lowest BCUT2D eigenvalue weighted by molar-refractivity contribution is -0.295. The van der Waals surface area contributed by atoms with Crippen LogP contribution in [0.25, 0.3) is 0 Å². The van der Waals surface area contributed by atoms with Crippen LogP contribution in [0.1, 0.15) is 100.0 Å². The zero-order valence-corrected chi connectivity index (χ0v) is 34.6. The Morgan fingerprint density at radius 2 is 1.61 bits per heavy atom. The van der Waals surface area contributed by atoms with E-state index in [0.717, 1.165) is 12.8 Å². The second kappa shape index (κ2) is 17.5. The number of unbranched alkanes of at least 4 members (excludes halogenated alkanes) is 1. The van der Waals surface area contributed by atoms with Crippen LogP contribution in [0.4, 0.5) is 4.79 Å². The Bertz CT molecular complexity index is 1470. The number of ketones is 2. The zero-order valence-electron chi connectivity index (χ0n) is 34.6. The first-order chi connectivity index (χ1) is 25.2. The van der Waals surface area contributed by atoms with Crippen molar-refractivity contribution < 1.29 is 48.0 Å². The largest absolute Gasteiger partial charge is 0.457 e. The van der Waals surface area contributed by atoms with Crippen molar-refractivity contribution in [3.8, 4) is 0 Å². The summed E-state index contributed by atoms with van der Waals surface area (Å²) in [5, 5.41) is 11.5. The summed E-state index contributed by atoms with van der Waals surface area (Å²) in [6, 6.07) is 9.09. The van der Waals surface area contributed by atoms with Gasteiger partial charge in [-0.25, -0.2) is 4.79 Å². The van der Waals surface area contributed by atoms with Crippen LogP contribution < -0.4 is 0 Å². The van der Waals surface area contributed by atoms with E-state index in [-0.39, 0.29) is 30.8 Å². The number of benzene rings is 1. The molecule has 12 atom stereocenters. The van der Waals surface area contributed by atoms with Gasteiger partial charge in [0.15, 0.2) is 17.7 Å². The van der Waals surface area contributed by atoms with E-state index in [4.69, 9.17) is 23.7 Å². The number of Topliss-reactive ketones (excluding diaryl/α,β-unsaturated/α-hetero) is 2. The second-order valence-corrected chi connectivity index (χ2v) is 17.2. The quantitative estimate of drug-likeness (QED) is 0.181. The highest BCUT2D eigenvalue weighted by Crippen LogP contribution is 2.44. The Morgan fingerprint density at radius 3 is 2.20 bits per heavy atom. The molecule has 12 nitrogen and oxygen atoms in total. The Kier molecular flexibility index (Phi) is 14.2. The number of ether oxygens (including phenoxy) is 5. The maximum atomic E-state index is 14.7. The number of hydrogen-bond donors (Lipinski definition) is 1. The van der Waals surface area contributed by atoms with E-state index in [2.05, 4.69) is 12.1 Å². The van der Waals surface area contributed by atoms with Gasteiger partial charge in [-0.2, -0.15) is 0 Å². The molecule has 3 fully saturated rings. The summed E-state index contributed by atoms with van der Waals surface area (Å²) in [4.78, 5) is 60.7. The monoisotopic (exact) mass is 758 g/mol. The van der Waals surface area contributed by atoms with Crippen LogP contribution in [0.2, 0.25) is 0 Å². The fourth-order valence-corrected chi connectivity index (χ4v) is 9.15. The number of rotatable bonds is 10. The number of amides is 1. The highest BCUT2D eigenvalue weighted by molar-refractivity contribution is 6.04. The van der Waals surface area contributed by atoms with Crippen LogP contribution in [0.15, 0.2) is 30.3 Å². The number of aliphatic hydroxyl groups is 1. The van der Waals surface area contributed by atoms with Gasteiger partial charge < -0.3 is 38.6 Å². The summed E-state index contributed by atoms with van der Waals surface area (Å²) >= 11 is 0. The van der Waals surface area contributed by atoms with Gasteiger partial charge in [-0.15, -0.1) is 0 Å². The van der Waals surface area contributed by atoms with E-state index in [1.807, 2.05) is 64.9 Å². The molecule has 0 spiro atoms. The van der Waals surface area contributed by atoms with Crippen molar-refractivity contribution in [3.05, 3.63) is 35.9 Å². The highest BCUT2D eigenvalue weighted by atomic mass is 16.7. The SMILES string of the molecule is CC[C@H]1OC(=O)C(C)(C)C(=O)[C@H](C)[C@@H](O[C@@H]2O[C@H](C)C[C@H](N(C)C)[C@H]2O)[C@@](C)(OC)C[C@@H](C)C(=O)[C@H](C)C2N(CCCCc3ccccc3)C(=O)O[C@@]21C. The Hall–Kier alpha value is -2.90. The molecule has 0 bridgehead atoms. The third kappa shape index (κ3) is 8.88. The van der Waals surface area contributed by atoms with E-state index in [9.17, 15) is 24.3 Å². The first-order valence-electron chi connectivity index (χ1n) is 19.8. The molecule has 0 aliphatic carbocycles. The number of hydrogen-bond acceptors (Lipinski definition) is 11. The van der Waals surface area contributed by atoms with Gasteiger partial charge in [0.1, 0.15) is 23.4 Å². The smallest absolute Gasteiger partial charge is 0.410 e. The summed E-state index contributed by atoms with van der Waals surface area (Å²) in [5.41, 5.74) is -3.10. The molecule has 1 N–H and O–H groups in total. The number of esters is 1. The number of aryl methyl sites for hydroxylation is 1. The molecule has 0 saturated carbocycles. The van der Waals surface area contributed by atoms with Gasteiger partial charge in [0, 0.05) is 37.5 Å². The van der Waals surface area contributed by atoms with E-state index in [1.165, 1.54) is 26.5 Å². The molecule has 1 unspecified atom stereocenters. The van der Waals surface area contributed by atoms with Crippen molar-refractivity contribution in [2.75, 3.05) is 27.7 Å². The van der Waals surface area contributed by atoms with Crippen LogP contribution in [0.3, 0.4) is 0 Å². The molecule has 54 heavy (non-hydrogen) atoms. The Morgan fingerprint density at radius 1 is 0.963 bits per heavy atom. The third-order valence-electron chi connectivity index (χ3n) is 12.4. The summed E-state index contributed by atoms with van der Waals surface area (Å²) in [5.74, 6) is -3.69. The lowest BCUT2D eigenvalue weighted by Crippen LogP contribution is -2.61. The summed E-state index contributed by atoms with van der Waals surface area (Å²) < 4.78 is 31.4. The minimum atomic E-state index is -1.66. The summed E-state index contributed by atoms with van der Waals surface area (Å²) in [6.07, 6.45) is -1.66. The number of fused-ring (bicyclic) bond motifs is 1. The number of cyclic esters (lactones) is 1. The lowest BCUT2D eigenvalue weighted by Gasteiger charge is -2.47. The molecule has 12 heteroatoms. The number of carbonyl (C=O) groups excluding carboxylic acids is 4. The van der Waals surface area contributed by atoms with Crippen LogP contribution in [-0.2, 0) is 44.5 Å². The van der Waals surface area contributed by atoms with Gasteiger partial charge in [-0.05, 0) is 92.8 Å². The molecule has 3 aliphatic rings. The minimum absolute atomic E-state index is 0.131. The van der Waals surface area contributed by atoms with E-state index >= 15 is 0 Å². The van der Waals surface area contributed by atoms with E-state index in [0.29, 0.717) is 19.4 Å². The van der Waals surface area contributed by atoms with Crippen molar-refractivity contribution >= 4 is 23.6 Å².